The van der Waals surface area contributed by atoms with Crippen molar-refractivity contribution in [2.75, 3.05) is 67.9 Å². The van der Waals surface area contributed by atoms with Gasteiger partial charge >= 0.3 is 0 Å². The van der Waals surface area contributed by atoms with Gasteiger partial charge in [0.25, 0.3) is 11.8 Å². The van der Waals surface area contributed by atoms with Crippen molar-refractivity contribution in [2.24, 2.45) is 0 Å². The van der Waals surface area contributed by atoms with E-state index < -0.39 is 24.9 Å². The van der Waals surface area contributed by atoms with Gasteiger partial charge in [-0.1, -0.05) is 60.3 Å². The van der Waals surface area contributed by atoms with E-state index in [1.165, 1.54) is 59.1 Å². The fourth-order valence-corrected chi connectivity index (χ4v) is 12.1. The molecule has 322 valence electrons. The molecule has 2 fully saturated rings. The van der Waals surface area contributed by atoms with E-state index in [-0.39, 0.29) is 50.1 Å². The Bertz CT molecular complexity index is 2780. The SMILES string of the molecule is CC(C)S(=O)(=O)c1ccccc1C(=O)N1CCN(c2nc3ccc(F)cc3s2)CC1.CCCCS(=O)(=O)c1ccccc1C(=O)N1CCN(c2nc3ccc(F)cc3s2)CC1. The van der Waals surface area contributed by atoms with E-state index in [1.807, 2.05) is 6.92 Å². The van der Waals surface area contributed by atoms with Crippen molar-refractivity contribution in [3.8, 4) is 0 Å². The number of thiazole rings is 2. The Morgan fingerprint density at radius 3 is 1.51 bits per heavy atom. The van der Waals surface area contributed by atoms with Gasteiger partial charge in [0, 0.05) is 52.4 Å². The molecule has 4 aromatic carbocycles. The lowest BCUT2D eigenvalue weighted by Crippen LogP contribution is -2.49. The summed E-state index contributed by atoms with van der Waals surface area (Å²) in [6.45, 7) is 9.32. The summed E-state index contributed by atoms with van der Waals surface area (Å²) in [7, 11) is -7.07. The van der Waals surface area contributed by atoms with E-state index in [0.29, 0.717) is 58.8 Å². The van der Waals surface area contributed by atoms with Crippen LogP contribution in [0, 0.1) is 11.6 Å². The van der Waals surface area contributed by atoms with Crippen LogP contribution in [0.3, 0.4) is 0 Å². The third-order valence-electron chi connectivity index (χ3n) is 10.6. The fraction of sp³-hybridized carbons (Fsp3) is 0.349. The number of carbonyl (C=O) groups excluding carboxylic acids is 2. The molecular weight excluding hydrogens is 863 g/mol. The molecule has 2 aromatic heterocycles. The molecule has 2 saturated heterocycles. The highest BCUT2D eigenvalue weighted by atomic mass is 32.2. The molecule has 2 aliphatic rings. The molecular formula is C43H46F2N6O6S4. The van der Waals surface area contributed by atoms with Crippen molar-refractivity contribution in [2.45, 2.75) is 48.7 Å². The van der Waals surface area contributed by atoms with Gasteiger partial charge in [0.15, 0.2) is 29.9 Å². The zero-order chi connectivity index (χ0) is 43.5. The van der Waals surface area contributed by atoms with Crippen molar-refractivity contribution < 1.29 is 35.2 Å². The van der Waals surface area contributed by atoms with Crippen molar-refractivity contribution in [1.82, 2.24) is 19.8 Å². The van der Waals surface area contributed by atoms with Crippen LogP contribution in [0.2, 0.25) is 0 Å². The van der Waals surface area contributed by atoms with Gasteiger partial charge in [-0.3, -0.25) is 9.59 Å². The molecule has 2 amide bonds. The van der Waals surface area contributed by atoms with Gasteiger partial charge in [-0.2, -0.15) is 0 Å². The Morgan fingerprint density at radius 2 is 1.07 bits per heavy atom. The normalized spacial score (nSPS) is 15.0. The first kappa shape index (κ1) is 44.0. The number of hydrogen-bond donors (Lipinski definition) is 0. The average molecular weight is 909 g/mol. The second kappa shape index (κ2) is 18.5. The maximum absolute atomic E-state index is 13.5. The summed E-state index contributed by atoms with van der Waals surface area (Å²) in [6.07, 6.45) is 1.34. The summed E-state index contributed by atoms with van der Waals surface area (Å²) < 4.78 is 79.3. The van der Waals surface area contributed by atoms with Crippen LogP contribution in [0.1, 0.15) is 54.3 Å². The summed E-state index contributed by atoms with van der Waals surface area (Å²) in [5.41, 5.74) is 1.96. The molecule has 0 saturated carbocycles. The van der Waals surface area contributed by atoms with E-state index in [9.17, 15) is 35.2 Å². The van der Waals surface area contributed by atoms with Crippen molar-refractivity contribution >= 4 is 84.9 Å². The number of hydrogen-bond acceptors (Lipinski definition) is 12. The van der Waals surface area contributed by atoms with Crippen LogP contribution < -0.4 is 9.80 Å². The largest absolute Gasteiger partial charge is 0.345 e. The van der Waals surface area contributed by atoms with Gasteiger partial charge < -0.3 is 19.6 Å². The van der Waals surface area contributed by atoms with Crippen LogP contribution in [-0.2, 0) is 19.7 Å². The van der Waals surface area contributed by atoms with Crippen molar-refractivity contribution in [3.63, 3.8) is 0 Å². The molecule has 4 heterocycles. The number of carbonyl (C=O) groups is 2. The van der Waals surface area contributed by atoms with Gasteiger partial charge in [-0.15, -0.1) is 0 Å². The Labute approximate surface area is 362 Å². The molecule has 0 atom stereocenters. The smallest absolute Gasteiger partial charge is 0.255 e. The molecule has 0 unspecified atom stereocenters. The van der Waals surface area contributed by atoms with Crippen LogP contribution in [0.5, 0.6) is 0 Å². The Balaban J connectivity index is 0.000000184. The number of nitrogens with zero attached hydrogens (tertiary/aromatic N) is 6. The lowest BCUT2D eigenvalue weighted by molar-refractivity contribution is 0.0735. The number of sulfone groups is 2. The highest BCUT2D eigenvalue weighted by molar-refractivity contribution is 7.92. The minimum absolute atomic E-state index is 0.0414. The van der Waals surface area contributed by atoms with Gasteiger partial charge in [-0.25, -0.2) is 35.6 Å². The first-order valence-corrected chi connectivity index (χ1v) is 24.8. The predicted molar refractivity (Wildman–Crippen MR) is 238 cm³/mol. The standard InChI is InChI=1S/C22H24FN3O3S2.C21H22FN3O3S2/c1-2-3-14-31(28,29)20-7-5-4-6-17(20)21(27)25-10-12-26(13-11-25)22-24-18-9-8-16(23)15-19(18)30-22;1-14(2)30(27,28)19-6-4-3-5-16(19)20(26)24-9-11-25(12-10-24)21-23-17-8-7-15(22)13-18(17)29-21/h4-9,15H,2-3,10-14H2,1H3;3-8,13-14H,9-12H2,1-2H3. The number of aromatic nitrogens is 2. The lowest BCUT2D eigenvalue weighted by Gasteiger charge is -2.34. The number of benzene rings is 4. The number of fused-ring (bicyclic) bond motifs is 2. The Hall–Kier alpha value is -5.04. The number of rotatable bonds is 10. The van der Waals surface area contributed by atoms with E-state index in [2.05, 4.69) is 19.8 Å². The van der Waals surface area contributed by atoms with E-state index in [4.69, 9.17) is 0 Å². The zero-order valence-corrected chi connectivity index (χ0v) is 37.2. The molecule has 0 bridgehead atoms. The molecule has 12 nitrogen and oxygen atoms in total. The van der Waals surface area contributed by atoms with E-state index >= 15 is 0 Å². The zero-order valence-electron chi connectivity index (χ0n) is 34.0. The summed E-state index contributed by atoms with van der Waals surface area (Å²) in [4.78, 5) is 43.1. The summed E-state index contributed by atoms with van der Waals surface area (Å²) in [5, 5.41) is 0.993. The van der Waals surface area contributed by atoms with Crippen LogP contribution in [0.25, 0.3) is 20.4 Å². The second-order valence-electron chi connectivity index (χ2n) is 15.0. The quantitative estimate of drug-likeness (QED) is 0.135. The Morgan fingerprint density at radius 1 is 0.639 bits per heavy atom. The molecule has 0 aliphatic carbocycles. The topological polar surface area (TPSA) is 141 Å². The third kappa shape index (κ3) is 9.72. The van der Waals surface area contributed by atoms with E-state index in [1.54, 1.807) is 72.2 Å². The van der Waals surface area contributed by atoms with Gasteiger partial charge in [0.05, 0.1) is 52.4 Å². The minimum Gasteiger partial charge on any atom is -0.345 e. The van der Waals surface area contributed by atoms with Crippen molar-refractivity contribution in [1.29, 1.82) is 0 Å². The lowest BCUT2D eigenvalue weighted by atomic mass is 10.2. The predicted octanol–water partition coefficient (Wildman–Crippen LogP) is 7.55. The number of halogens is 2. The number of unbranched alkanes of at least 4 members (excludes halogenated alkanes) is 1. The maximum Gasteiger partial charge on any atom is 0.255 e. The molecule has 8 rings (SSSR count). The number of amides is 2. The first-order chi connectivity index (χ1) is 29.2. The minimum atomic E-state index is -3.56. The third-order valence-corrected chi connectivity index (χ3v) is 16.8. The van der Waals surface area contributed by atoms with Gasteiger partial charge in [-0.05, 0) is 80.9 Å². The highest BCUT2D eigenvalue weighted by Crippen LogP contribution is 2.32. The number of anilines is 2. The average Bonchev–Trinajstić information content (AvgIpc) is 3.89. The van der Waals surface area contributed by atoms with Crippen LogP contribution >= 0.6 is 22.7 Å². The van der Waals surface area contributed by atoms with Gasteiger partial charge in [0.1, 0.15) is 11.6 Å². The summed E-state index contributed by atoms with van der Waals surface area (Å²) in [5.74, 6) is -1.07. The molecule has 2 aliphatic heterocycles. The van der Waals surface area contributed by atoms with Crippen molar-refractivity contribution in [3.05, 3.63) is 108 Å². The summed E-state index contributed by atoms with van der Waals surface area (Å²) >= 11 is 2.85. The molecule has 6 aromatic rings. The fourth-order valence-electron chi connectivity index (χ4n) is 7.09. The second-order valence-corrected chi connectivity index (χ2v) is 21.6. The monoisotopic (exact) mass is 908 g/mol. The molecule has 0 N–H and O–H groups in total. The highest BCUT2D eigenvalue weighted by Gasteiger charge is 2.31. The molecule has 0 spiro atoms. The first-order valence-electron chi connectivity index (χ1n) is 20.0. The molecule has 18 heteroatoms. The summed E-state index contributed by atoms with van der Waals surface area (Å²) in [6, 6.07) is 21.9. The van der Waals surface area contributed by atoms with E-state index in [0.717, 1.165) is 37.1 Å². The molecule has 61 heavy (non-hydrogen) atoms. The number of piperazine rings is 2. The molecule has 0 radical (unpaired) electrons. The Kier molecular flexibility index (Phi) is 13.4. The van der Waals surface area contributed by atoms with Gasteiger partial charge in [0.2, 0.25) is 0 Å². The van der Waals surface area contributed by atoms with Crippen LogP contribution in [0.4, 0.5) is 19.0 Å². The van der Waals surface area contributed by atoms with Crippen LogP contribution in [0.15, 0.2) is 94.7 Å². The van der Waals surface area contributed by atoms with Crippen LogP contribution in [-0.4, -0.2) is 112 Å². The maximum atomic E-state index is 13.5.